The molecule has 0 bridgehead atoms. The highest BCUT2D eigenvalue weighted by Crippen LogP contribution is 2.42. The molecule has 1 amide bonds. The highest BCUT2D eigenvalue weighted by molar-refractivity contribution is 6.08. The lowest BCUT2D eigenvalue weighted by Gasteiger charge is -2.31. The third-order valence-corrected chi connectivity index (χ3v) is 6.07. The van der Waals surface area contributed by atoms with Crippen LogP contribution >= 0.6 is 0 Å². The van der Waals surface area contributed by atoms with Crippen LogP contribution in [0.25, 0.3) is 10.9 Å². The van der Waals surface area contributed by atoms with E-state index < -0.39 is 11.4 Å². The predicted octanol–water partition coefficient (Wildman–Crippen LogP) is 2.70. The molecule has 7 heteroatoms. The van der Waals surface area contributed by atoms with Gasteiger partial charge in [-0.3, -0.25) is 14.4 Å². The molecule has 1 saturated heterocycles. The van der Waals surface area contributed by atoms with Crippen LogP contribution in [0.15, 0.2) is 30.5 Å². The topological polar surface area (TPSA) is 88.7 Å². The van der Waals surface area contributed by atoms with Crippen LogP contribution in [0.3, 0.4) is 0 Å². The Hall–Kier alpha value is -2.67. The van der Waals surface area contributed by atoms with E-state index in [1.807, 2.05) is 24.3 Å². The smallest absolute Gasteiger partial charge is 0.313 e. The van der Waals surface area contributed by atoms with Gasteiger partial charge in [-0.25, -0.2) is 0 Å². The van der Waals surface area contributed by atoms with Crippen LogP contribution in [-0.4, -0.2) is 60.5 Å². The number of benzene rings is 1. The largest absolute Gasteiger partial charge is 0.457 e. The summed E-state index contributed by atoms with van der Waals surface area (Å²) >= 11 is 0. The number of ketones is 1. The maximum absolute atomic E-state index is 12.9. The molecule has 0 atom stereocenters. The number of fused-ring (bicyclic) bond motifs is 1. The summed E-state index contributed by atoms with van der Waals surface area (Å²) in [6, 6.07) is 7.51. The Kier molecular flexibility index (Phi) is 5.67. The lowest BCUT2D eigenvalue weighted by molar-refractivity contribution is -0.159. The van der Waals surface area contributed by atoms with Crippen molar-refractivity contribution >= 4 is 28.6 Å². The normalized spacial score (nSPS) is 18.7. The second-order valence-corrected chi connectivity index (χ2v) is 7.90. The molecule has 1 aliphatic carbocycles. The Morgan fingerprint density at radius 1 is 1.10 bits per heavy atom. The van der Waals surface area contributed by atoms with Crippen LogP contribution in [0.1, 0.15) is 42.5 Å². The lowest BCUT2D eigenvalue weighted by atomic mass is 9.82. The second kappa shape index (κ2) is 8.37. The summed E-state index contributed by atoms with van der Waals surface area (Å²) in [6.07, 6.45) is 4.83. The zero-order chi connectivity index (χ0) is 20.3. The molecule has 7 nitrogen and oxygen atoms in total. The van der Waals surface area contributed by atoms with Gasteiger partial charge in [0.25, 0.3) is 0 Å². The van der Waals surface area contributed by atoms with Crippen LogP contribution in [0, 0.1) is 5.41 Å². The lowest BCUT2D eigenvalue weighted by Crippen LogP contribution is -2.44. The Morgan fingerprint density at radius 3 is 2.59 bits per heavy atom. The molecule has 0 unspecified atom stereocenters. The number of carbonyl (C=O) groups excluding carboxylic acids is 3. The van der Waals surface area contributed by atoms with Gasteiger partial charge < -0.3 is 19.4 Å². The monoisotopic (exact) mass is 398 g/mol. The number of esters is 1. The van der Waals surface area contributed by atoms with E-state index in [0.29, 0.717) is 44.7 Å². The van der Waals surface area contributed by atoms with E-state index in [1.54, 1.807) is 11.1 Å². The summed E-state index contributed by atoms with van der Waals surface area (Å²) in [5, 5.41) is 0.812. The predicted molar refractivity (Wildman–Crippen MR) is 107 cm³/mol. The number of Topliss-reactive ketones (excluding diaryl/α,β-unsaturated/α-hetero) is 1. The second-order valence-electron chi connectivity index (χ2n) is 7.90. The molecule has 154 valence electrons. The van der Waals surface area contributed by atoms with Crippen molar-refractivity contribution in [2.75, 3.05) is 32.9 Å². The standard InChI is InChI=1S/C22H26N2O5/c25-19(17-14-23-18-6-2-1-5-16(17)18)15-29-21(27)22(7-3-4-8-22)13-20(26)24-9-11-28-12-10-24/h1-2,5-6,14,23H,3-4,7-13,15H2. The number of nitrogens with one attached hydrogen (secondary N) is 1. The fraction of sp³-hybridized carbons (Fsp3) is 0.500. The van der Waals surface area contributed by atoms with Gasteiger partial charge in [-0.2, -0.15) is 0 Å². The van der Waals surface area contributed by atoms with E-state index in [0.717, 1.165) is 23.7 Å². The van der Waals surface area contributed by atoms with Gasteiger partial charge >= 0.3 is 5.97 Å². The molecule has 2 aliphatic rings. The van der Waals surface area contributed by atoms with Crippen LogP contribution in [0.2, 0.25) is 0 Å². The molecule has 1 N–H and O–H groups in total. The quantitative estimate of drug-likeness (QED) is 0.597. The van der Waals surface area contributed by atoms with Gasteiger partial charge in [0.1, 0.15) is 0 Å². The van der Waals surface area contributed by atoms with E-state index in [9.17, 15) is 14.4 Å². The number of H-pyrrole nitrogens is 1. The number of aromatic amines is 1. The molecule has 0 spiro atoms. The number of aromatic nitrogens is 1. The minimum Gasteiger partial charge on any atom is -0.457 e. The number of hydrogen-bond donors (Lipinski definition) is 1. The molecule has 2 aromatic rings. The number of hydrogen-bond acceptors (Lipinski definition) is 5. The third-order valence-electron chi connectivity index (χ3n) is 6.07. The van der Waals surface area contributed by atoms with E-state index in [-0.39, 0.29) is 24.7 Å². The highest BCUT2D eigenvalue weighted by Gasteiger charge is 2.45. The van der Waals surface area contributed by atoms with Crippen molar-refractivity contribution in [1.82, 2.24) is 9.88 Å². The summed E-state index contributed by atoms with van der Waals surface area (Å²) in [5.74, 6) is -0.705. The van der Waals surface area contributed by atoms with Crippen molar-refractivity contribution < 1.29 is 23.9 Å². The Labute approximate surface area is 169 Å². The summed E-state index contributed by atoms with van der Waals surface area (Å²) in [5.41, 5.74) is 0.569. The fourth-order valence-corrected chi connectivity index (χ4v) is 4.38. The molecule has 4 rings (SSSR count). The van der Waals surface area contributed by atoms with Gasteiger partial charge in [0.05, 0.1) is 18.6 Å². The summed E-state index contributed by atoms with van der Waals surface area (Å²) in [4.78, 5) is 43.1. The van der Waals surface area contributed by atoms with E-state index in [2.05, 4.69) is 4.98 Å². The Bertz CT molecular complexity index is 907. The summed E-state index contributed by atoms with van der Waals surface area (Å²) < 4.78 is 10.8. The van der Waals surface area contributed by atoms with Gasteiger partial charge in [0, 0.05) is 42.2 Å². The first-order chi connectivity index (χ1) is 14.1. The first kappa shape index (κ1) is 19.6. The maximum atomic E-state index is 12.9. The zero-order valence-electron chi connectivity index (χ0n) is 16.4. The first-order valence-corrected chi connectivity index (χ1v) is 10.2. The van der Waals surface area contributed by atoms with Crippen molar-refractivity contribution in [3.63, 3.8) is 0 Å². The van der Waals surface area contributed by atoms with Gasteiger partial charge in [-0.15, -0.1) is 0 Å². The van der Waals surface area contributed by atoms with Crippen molar-refractivity contribution in [3.8, 4) is 0 Å². The molecule has 1 saturated carbocycles. The van der Waals surface area contributed by atoms with E-state index in [1.165, 1.54) is 0 Å². The van der Waals surface area contributed by atoms with Gasteiger partial charge in [-0.05, 0) is 18.9 Å². The molecule has 2 fully saturated rings. The average molecular weight is 398 g/mol. The molecule has 1 aromatic heterocycles. The van der Waals surface area contributed by atoms with E-state index in [4.69, 9.17) is 9.47 Å². The maximum Gasteiger partial charge on any atom is 0.313 e. The molecule has 1 aliphatic heterocycles. The zero-order valence-corrected chi connectivity index (χ0v) is 16.4. The van der Waals surface area contributed by atoms with Crippen molar-refractivity contribution in [2.24, 2.45) is 5.41 Å². The molecule has 1 aromatic carbocycles. The number of rotatable bonds is 6. The van der Waals surface area contributed by atoms with E-state index >= 15 is 0 Å². The van der Waals surface area contributed by atoms with Gasteiger partial charge in [0.2, 0.25) is 11.7 Å². The first-order valence-electron chi connectivity index (χ1n) is 10.2. The van der Waals surface area contributed by atoms with Crippen LogP contribution in [-0.2, 0) is 19.1 Å². The van der Waals surface area contributed by atoms with Crippen LogP contribution in [0.5, 0.6) is 0 Å². The van der Waals surface area contributed by atoms with Gasteiger partial charge in [-0.1, -0.05) is 31.0 Å². The van der Waals surface area contributed by atoms with Crippen LogP contribution in [0.4, 0.5) is 0 Å². The number of amides is 1. The molecular formula is C22H26N2O5. The molecule has 2 heterocycles. The average Bonchev–Trinajstić information content (AvgIpc) is 3.40. The van der Waals surface area contributed by atoms with Crippen molar-refractivity contribution in [1.29, 1.82) is 0 Å². The molecule has 29 heavy (non-hydrogen) atoms. The van der Waals surface area contributed by atoms with Crippen LogP contribution < -0.4 is 0 Å². The summed E-state index contributed by atoms with van der Waals surface area (Å²) in [7, 11) is 0. The summed E-state index contributed by atoms with van der Waals surface area (Å²) in [6.45, 7) is 1.87. The molecule has 0 radical (unpaired) electrons. The number of morpholine rings is 1. The Morgan fingerprint density at radius 2 is 1.83 bits per heavy atom. The van der Waals surface area contributed by atoms with Gasteiger partial charge in [0.15, 0.2) is 6.61 Å². The van der Waals surface area contributed by atoms with Crippen molar-refractivity contribution in [3.05, 3.63) is 36.0 Å². The SMILES string of the molecule is O=C(COC(=O)C1(CC(=O)N2CCOCC2)CCCC1)c1c[nH]c2ccccc12. The number of carbonyl (C=O) groups is 3. The third kappa shape index (κ3) is 4.05. The highest BCUT2D eigenvalue weighted by atomic mass is 16.5. The minimum atomic E-state index is -0.810. The number of nitrogens with zero attached hydrogens (tertiary/aromatic N) is 1. The Balaban J connectivity index is 1.41. The van der Waals surface area contributed by atoms with Crippen molar-refractivity contribution in [2.45, 2.75) is 32.1 Å². The minimum absolute atomic E-state index is 0.0323. The fourth-order valence-electron chi connectivity index (χ4n) is 4.38. The number of para-hydroxylation sites is 1. The molecular weight excluding hydrogens is 372 g/mol. The number of ether oxygens (including phenoxy) is 2.